The van der Waals surface area contributed by atoms with Crippen molar-refractivity contribution in [2.75, 3.05) is 52.7 Å². The van der Waals surface area contributed by atoms with Crippen molar-refractivity contribution in [1.29, 1.82) is 0 Å². The molecule has 0 saturated carbocycles. The van der Waals surface area contributed by atoms with Crippen LogP contribution in [0.1, 0.15) is 56.9 Å². The lowest BCUT2D eigenvalue weighted by molar-refractivity contribution is -0.172. The summed E-state index contributed by atoms with van der Waals surface area (Å²) < 4.78 is 29.2. The molecule has 3 heterocycles. The molecule has 2 aliphatic heterocycles. The first-order valence-electron chi connectivity index (χ1n) is 14.2. The molecule has 1 fully saturated rings. The molecule has 0 radical (unpaired) electrons. The topological polar surface area (TPSA) is 108 Å². The number of carbonyl (C=O) groups is 1. The van der Waals surface area contributed by atoms with E-state index in [2.05, 4.69) is 0 Å². The predicted octanol–water partition coefficient (Wildman–Crippen LogP) is 3.98. The van der Waals surface area contributed by atoms with Gasteiger partial charge in [0, 0.05) is 43.7 Å². The third-order valence-corrected chi connectivity index (χ3v) is 7.34. The van der Waals surface area contributed by atoms with Gasteiger partial charge in [-0.2, -0.15) is 0 Å². The average molecular weight is 544 g/mol. The van der Waals surface area contributed by atoms with Gasteiger partial charge in [-0.3, -0.25) is 9.59 Å². The van der Waals surface area contributed by atoms with E-state index in [4.69, 9.17) is 28.5 Å². The highest BCUT2D eigenvalue weighted by molar-refractivity contribution is 5.92. The summed E-state index contributed by atoms with van der Waals surface area (Å²) in [4.78, 5) is 29.2. The fourth-order valence-electron chi connectivity index (χ4n) is 5.32. The Morgan fingerprint density at radius 2 is 1.74 bits per heavy atom. The molecule has 0 unspecified atom stereocenters. The van der Waals surface area contributed by atoms with E-state index >= 15 is 0 Å². The zero-order valence-electron chi connectivity index (χ0n) is 22.8. The smallest absolute Gasteiger partial charge is 0.288 e. The summed E-state index contributed by atoms with van der Waals surface area (Å²) in [7, 11) is 0. The molecule has 3 atom stereocenters. The highest BCUT2D eigenvalue weighted by Crippen LogP contribution is 2.38. The molecule has 1 N–H and O–H groups in total. The van der Waals surface area contributed by atoms with E-state index in [1.807, 2.05) is 24.0 Å². The maximum absolute atomic E-state index is 13.7. The van der Waals surface area contributed by atoms with E-state index in [1.54, 1.807) is 18.2 Å². The number of fused-ring (bicyclic) bond motifs is 1. The number of carbonyl (C=O) groups excluding carboxylic acids is 1. The van der Waals surface area contributed by atoms with Crippen LogP contribution in [0.25, 0.3) is 11.0 Å². The van der Waals surface area contributed by atoms with Gasteiger partial charge in [0.2, 0.25) is 6.29 Å². The summed E-state index contributed by atoms with van der Waals surface area (Å²) in [5, 5.41) is 9.35. The average Bonchev–Trinajstić information content (AvgIpc) is 2.93. The van der Waals surface area contributed by atoms with Crippen LogP contribution in [0.4, 0.5) is 0 Å². The number of allylic oxidation sites excluding steroid dienone is 1. The fraction of sp³-hybridized carbons (Fsp3) is 0.600. The zero-order valence-corrected chi connectivity index (χ0v) is 22.8. The van der Waals surface area contributed by atoms with Crippen LogP contribution in [0.3, 0.4) is 0 Å². The standard InChI is InChI=1S/C30H41NO8/c1-2-37-30-22(12-16-35-18-19-36-17-15-32)24(25-21-38-26-11-7-6-10-23(26)28(25)33)20-27(39-30)29(34)31-13-8-4-3-5-9-14-31/h6-7,10-11,20-22,24,30,32H,2-5,8-9,12-19H2,1H3/t22-,24-,30+/m0/s1. The van der Waals surface area contributed by atoms with E-state index in [-0.39, 0.29) is 36.2 Å². The highest BCUT2D eigenvalue weighted by Gasteiger charge is 2.40. The Morgan fingerprint density at radius 1 is 1.03 bits per heavy atom. The molecule has 9 heteroatoms. The molecule has 39 heavy (non-hydrogen) atoms. The van der Waals surface area contributed by atoms with Crippen molar-refractivity contribution < 1.29 is 33.3 Å². The summed E-state index contributed by atoms with van der Waals surface area (Å²) >= 11 is 0. The van der Waals surface area contributed by atoms with Gasteiger partial charge in [-0.15, -0.1) is 0 Å². The number of rotatable bonds is 12. The van der Waals surface area contributed by atoms with Crippen LogP contribution in [-0.2, 0) is 23.7 Å². The van der Waals surface area contributed by atoms with Crippen LogP contribution in [0.5, 0.6) is 0 Å². The highest BCUT2D eigenvalue weighted by atomic mass is 16.7. The molecule has 0 bridgehead atoms. The van der Waals surface area contributed by atoms with E-state index in [0.29, 0.717) is 62.5 Å². The largest absolute Gasteiger partial charge is 0.464 e. The molecule has 0 aliphatic carbocycles. The van der Waals surface area contributed by atoms with Crippen LogP contribution in [0.2, 0.25) is 0 Å². The monoisotopic (exact) mass is 543 g/mol. The number of aliphatic hydroxyl groups excluding tert-OH is 1. The summed E-state index contributed by atoms with van der Waals surface area (Å²) in [5.41, 5.74) is 0.857. The van der Waals surface area contributed by atoms with Crippen LogP contribution < -0.4 is 5.43 Å². The summed E-state index contributed by atoms with van der Waals surface area (Å²) in [6.45, 7) is 5.04. The number of nitrogens with zero attached hydrogens (tertiary/aromatic N) is 1. The molecule has 2 aromatic rings. The van der Waals surface area contributed by atoms with Crippen LogP contribution in [-0.4, -0.2) is 74.9 Å². The number of amides is 1. The number of aliphatic hydroxyl groups is 1. The minimum atomic E-state index is -0.723. The number of hydrogen-bond acceptors (Lipinski definition) is 8. The van der Waals surface area contributed by atoms with Gasteiger partial charge in [0.05, 0.1) is 38.1 Å². The van der Waals surface area contributed by atoms with Crippen molar-refractivity contribution in [3.05, 3.63) is 58.2 Å². The molecule has 0 spiro atoms. The molecule has 1 aromatic heterocycles. The Balaban J connectivity index is 1.63. The van der Waals surface area contributed by atoms with Crippen molar-refractivity contribution in [2.24, 2.45) is 5.92 Å². The molecule has 214 valence electrons. The van der Waals surface area contributed by atoms with E-state index in [1.165, 1.54) is 12.7 Å². The van der Waals surface area contributed by atoms with Gasteiger partial charge < -0.3 is 33.4 Å². The Morgan fingerprint density at radius 3 is 2.49 bits per heavy atom. The number of ether oxygens (including phenoxy) is 4. The summed E-state index contributed by atoms with van der Waals surface area (Å²) in [6, 6.07) is 7.16. The Hall–Kier alpha value is -2.72. The number of hydrogen-bond donors (Lipinski definition) is 1. The quantitative estimate of drug-likeness (QED) is 0.401. The predicted molar refractivity (Wildman–Crippen MR) is 146 cm³/mol. The first-order valence-corrected chi connectivity index (χ1v) is 14.2. The molecular formula is C30H41NO8. The first kappa shape index (κ1) is 29.3. The minimum absolute atomic E-state index is 0.0315. The van der Waals surface area contributed by atoms with Gasteiger partial charge in [-0.25, -0.2) is 0 Å². The second-order valence-corrected chi connectivity index (χ2v) is 9.98. The van der Waals surface area contributed by atoms with E-state index < -0.39 is 12.2 Å². The van der Waals surface area contributed by atoms with Gasteiger partial charge in [0.15, 0.2) is 11.2 Å². The van der Waals surface area contributed by atoms with Crippen molar-refractivity contribution in [1.82, 2.24) is 4.90 Å². The van der Waals surface area contributed by atoms with Gasteiger partial charge >= 0.3 is 0 Å². The van der Waals surface area contributed by atoms with Crippen LogP contribution in [0, 0.1) is 5.92 Å². The molecule has 1 amide bonds. The lowest BCUT2D eigenvalue weighted by atomic mass is 9.81. The second kappa shape index (κ2) is 15.2. The fourth-order valence-corrected chi connectivity index (χ4v) is 5.32. The van der Waals surface area contributed by atoms with Crippen molar-refractivity contribution in [3.63, 3.8) is 0 Å². The third kappa shape index (κ3) is 7.69. The SMILES string of the molecule is CCO[C@@H]1OC(C(=O)N2CCCCCCC2)=C[C@H](c2coc3ccccc3c2=O)[C@@H]1CCOCCOCCO. The first-order chi connectivity index (χ1) is 19.1. The summed E-state index contributed by atoms with van der Waals surface area (Å²) in [5.74, 6) is -0.677. The van der Waals surface area contributed by atoms with Gasteiger partial charge in [-0.05, 0) is 44.4 Å². The maximum Gasteiger partial charge on any atom is 0.288 e. The normalized spacial score (nSPS) is 22.2. The lowest BCUT2D eigenvalue weighted by Gasteiger charge is -2.37. The van der Waals surface area contributed by atoms with Gasteiger partial charge in [-0.1, -0.05) is 31.4 Å². The van der Waals surface area contributed by atoms with Crippen molar-refractivity contribution in [3.8, 4) is 0 Å². The lowest BCUT2D eigenvalue weighted by Crippen LogP contribution is -2.42. The molecule has 4 rings (SSSR count). The Labute approximate surface area is 229 Å². The van der Waals surface area contributed by atoms with E-state index in [0.717, 1.165) is 25.7 Å². The van der Waals surface area contributed by atoms with Crippen molar-refractivity contribution >= 4 is 16.9 Å². The molecule has 1 saturated heterocycles. The van der Waals surface area contributed by atoms with Gasteiger partial charge in [0.1, 0.15) is 5.58 Å². The Kier molecular flexibility index (Phi) is 11.4. The maximum atomic E-state index is 13.7. The second-order valence-electron chi connectivity index (χ2n) is 9.98. The molecule has 1 aromatic carbocycles. The van der Waals surface area contributed by atoms with Crippen LogP contribution in [0.15, 0.2) is 51.6 Å². The number of para-hydroxylation sites is 1. The molecular weight excluding hydrogens is 502 g/mol. The number of benzene rings is 1. The van der Waals surface area contributed by atoms with Crippen molar-refractivity contribution in [2.45, 2.75) is 57.7 Å². The molecule has 9 nitrogen and oxygen atoms in total. The van der Waals surface area contributed by atoms with E-state index in [9.17, 15) is 9.59 Å². The van der Waals surface area contributed by atoms with Gasteiger partial charge in [0.25, 0.3) is 5.91 Å². The summed E-state index contributed by atoms with van der Waals surface area (Å²) in [6.07, 6.45) is 8.45. The Bertz CT molecular complexity index is 1140. The zero-order chi connectivity index (χ0) is 27.5. The minimum Gasteiger partial charge on any atom is -0.464 e. The molecule has 2 aliphatic rings. The third-order valence-electron chi connectivity index (χ3n) is 7.34. The number of likely N-dealkylation sites (tertiary alicyclic amines) is 1. The van der Waals surface area contributed by atoms with Crippen LogP contribution >= 0.6 is 0 Å².